The van der Waals surface area contributed by atoms with E-state index in [9.17, 15) is 0 Å². The van der Waals surface area contributed by atoms with Crippen molar-refractivity contribution in [2.75, 3.05) is 11.1 Å². The maximum Gasteiger partial charge on any atom is 0.300 e. The summed E-state index contributed by atoms with van der Waals surface area (Å²) in [6.07, 6.45) is 0. The first kappa shape index (κ1) is 12.3. The first-order valence-corrected chi connectivity index (χ1v) is 6.67. The Morgan fingerprint density at radius 3 is 2.84 bits per heavy atom. The highest BCUT2D eigenvalue weighted by molar-refractivity contribution is 9.10. The molecule has 0 aliphatic rings. The van der Waals surface area contributed by atoms with Crippen LogP contribution in [-0.2, 0) is 0 Å². The molecule has 0 aliphatic carbocycles. The molecule has 2 aromatic carbocycles. The molecular weight excluding hydrogens is 330 g/mol. The molecule has 0 bridgehead atoms. The monoisotopic (exact) mass is 337 g/mol. The zero-order valence-electron chi connectivity index (χ0n) is 9.65. The Morgan fingerprint density at radius 2 is 2.05 bits per heavy atom. The van der Waals surface area contributed by atoms with E-state index in [4.69, 9.17) is 21.8 Å². The summed E-state index contributed by atoms with van der Waals surface area (Å²) in [6.45, 7) is 0. The van der Waals surface area contributed by atoms with E-state index in [2.05, 4.69) is 26.2 Å². The van der Waals surface area contributed by atoms with E-state index in [-0.39, 0.29) is 0 Å². The largest absolute Gasteiger partial charge is 0.423 e. The summed E-state index contributed by atoms with van der Waals surface area (Å²) in [5.41, 5.74) is 8.56. The Morgan fingerprint density at radius 1 is 1.21 bits per heavy atom. The second-order valence-electron chi connectivity index (χ2n) is 4.00. The maximum atomic E-state index is 5.89. The number of nitrogens with two attached hydrogens (primary N) is 1. The summed E-state index contributed by atoms with van der Waals surface area (Å²) in [5, 5.41) is 3.74. The van der Waals surface area contributed by atoms with Crippen LogP contribution in [0.4, 0.5) is 17.4 Å². The van der Waals surface area contributed by atoms with Crippen molar-refractivity contribution in [2.45, 2.75) is 0 Å². The smallest absolute Gasteiger partial charge is 0.300 e. The van der Waals surface area contributed by atoms with Gasteiger partial charge >= 0.3 is 0 Å². The fraction of sp³-hybridized carbons (Fsp3) is 0. The number of nitrogens with zero attached hydrogens (tertiary/aromatic N) is 1. The summed E-state index contributed by atoms with van der Waals surface area (Å²) >= 11 is 9.31. The van der Waals surface area contributed by atoms with E-state index in [0.717, 1.165) is 15.7 Å². The summed E-state index contributed by atoms with van der Waals surface area (Å²) in [4.78, 5) is 4.33. The molecule has 0 radical (unpaired) electrons. The van der Waals surface area contributed by atoms with Crippen LogP contribution in [0.15, 0.2) is 45.3 Å². The van der Waals surface area contributed by atoms with Crippen molar-refractivity contribution in [2.24, 2.45) is 0 Å². The molecule has 0 spiro atoms. The van der Waals surface area contributed by atoms with Gasteiger partial charge in [-0.2, -0.15) is 4.98 Å². The highest BCUT2D eigenvalue weighted by atomic mass is 79.9. The van der Waals surface area contributed by atoms with Gasteiger partial charge < -0.3 is 15.5 Å². The number of hydrogen-bond acceptors (Lipinski definition) is 4. The number of anilines is 3. The van der Waals surface area contributed by atoms with Crippen molar-refractivity contribution >= 4 is 56.0 Å². The van der Waals surface area contributed by atoms with Crippen LogP contribution in [0.25, 0.3) is 11.1 Å². The highest BCUT2D eigenvalue weighted by Crippen LogP contribution is 2.30. The predicted octanol–water partition coefficient (Wildman–Crippen LogP) is 4.57. The number of halogens is 2. The number of hydrogen-bond donors (Lipinski definition) is 2. The Labute approximate surface area is 122 Å². The van der Waals surface area contributed by atoms with Crippen molar-refractivity contribution < 1.29 is 4.42 Å². The van der Waals surface area contributed by atoms with Gasteiger partial charge in [0.05, 0.1) is 5.69 Å². The van der Waals surface area contributed by atoms with Gasteiger partial charge in [0.1, 0.15) is 5.52 Å². The number of nitrogen functional groups attached to an aromatic ring is 1. The molecule has 0 fully saturated rings. The van der Waals surface area contributed by atoms with E-state index in [1.165, 1.54) is 0 Å². The summed E-state index contributed by atoms with van der Waals surface area (Å²) in [6, 6.07) is 11.2. The van der Waals surface area contributed by atoms with Crippen LogP contribution in [0, 0.1) is 0 Å². The van der Waals surface area contributed by atoms with Crippen LogP contribution in [0.1, 0.15) is 0 Å². The number of benzene rings is 2. The third-order valence-corrected chi connectivity index (χ3v) is 3.48. The lowest BCUT2D eigenvalue weighted by atomic mass is 10.3. The lowest BCUT2D eigenvalue weighted by molar-refractivity contribution is 0.623. The van der Waals surface area contributed by atoms with Crippen LogP contribution < -0.4 is 11.1 Å². The third kappa shape index (κ3) is 2.52. The van der Waals surface area contributed by atoms with E-state index < -0.39 is 0 Å². The topological polar surface area (TPSA) is 64.1 Å². The first-order chi connectivity index (χ1) is 9.11. The van der Waals surface area contributed by atoms with E-state index in [1.807, 2.05) is 12.1 Å². The predicted molar refractivity (Wildman–Crippen MR) is 80.9 cm³/mol. The van der Waals surface area contributed by atoms with Gasteiger partial charge in [0, 0.05) is 21.2 Å². The number of fused-ring (bicyclic) bond motifs is 1. The van der Waals surface area contributed by atoms with Crippen molar-refractivity contribution in [1.29, 1.82) is 0 Å². The van der Waals surface area contributed by atoms with Crippen LogP contribution in [0.5, 0.6) is 0 Å². The van der Waals surface area contributed by atoms with Gasteiger partial charge in [-0.3, -0.25) is 0 Å². The Kier molecular flexibility index (Phi) is 3.08. The molecule has 0 amide bonds. The minimum absolute atomic E-state index is 0.406. The van der Waals surface area contributed by atoms with E-state index in [0.29, 0.717) is 22.3 Å². The normalized spacial score (nSPS) is 10.8. The van der Waals surface area contributed by atoms with Crippen molar-refractivity contribution in [3.05, 3.63) is 45.9 Å². The molecule has 1 heterocycles. The van der Waals surface area contributed by atoms with E-state index >= 15 is 0 Å². The zero-order valence-corrected chi connectivity index (χ0v) is 12.0. The number of oxazole rings is 1. The Balaban J connectivity index is 1.96. The van der Waals surface area contributed by atoms with Crippen LogP contribution in [-0.4, -0.2) is 4.98 Å². The molecule has 96 valence electrons. The molecule has 3 rings (SSSR count). The van der Waals surface area contributed by atoms with Gasteiger partial charge in [0.2, 0.25) is 0 Å². The molecule has 3 N–H and O–H groups in total. The van der Waals surface area contributed by atoms with Crippen LogP contribution >= 0.6 is 27.5 Å². The number of nitrogens with one attached hydrogen (secondary N) is 1. The average molecular weight is 339 g/mol. The zero-order chi connectivity index (χ0) is 13.4. The average Bonchev–Trinajstić information content (AvgIpc) is 2.74. The molecule has 3 aromatic rings. The molecule has 0 aliphatic heterocycles. The minimum Gasteiger partial charge on any atom is -0.423 e. The number of aromatic nitrogens is 1. The molecule has 0 atom stereocenters. The van der Waals surface area contributed by atoms with Crippen molar-refractivity contribution in [3.8, 4) is 0 Å². The standard InChI is InChI=1S/C13H9BrClN3O/c14-9-5-7(15)1-3-10(9)17-13-18-11-4-2-8(16)6-12(11)19-13/h1-6H,16H2,(H,17,18). The Bertz CT molecular complexity index is 757. The van der Waals surface area contributed by atoms with Crippen LogP contribution in [0.2, 0.25) is 5.02 Å². The molecule has 19 heavy (non-hydrogen) atoms. The third-order valence-electron chi connectivity index (χ3n) is 2.59. The van der Waals surface area contributed by atoms with Crippen molar-refractivity contribution in [3.63, 3.8) is 0 Å². The second kappa shape index (κ2) is 4.75. The summed E-state index contributed by atoms with van der Waals surface area (Å²) in [7, 11) is 0. The summed E-state index contributed by atoms with van der Waals surface area (Å²) < 4.78 is 6.42. The van der Waals surface area contributed by atoms with Gasteiger partial charge in [-0.25, -0.2) is 0 Å². The van der Waals surface area contributed by atoms with Gasteiger partial charge in [-0.15, -0.1) is 0 Å². The molecular formula is C13H9BrClN3O. The molecule has 1 aromatic heterocycles. The van der Waals surface area contributed by atoms with Gasteiger partial charge in [-0.1, -0.05) is 11.6 Å². The van der Waals surface area contributed by atoms with E-state index in [1.54, 1.807) is 24.3 Å². The van der Waals surface area contributed by atoms with Gasteiger partial charge in [0.25, 0.3) is 6.01 Å². The second-order valence-corrected chi connectivity index (χ2v) is 5.29. The Hall–Kier alpha value is -1.72. The first-order valence-electron chi connectivity index (χ1n) is 5.50. The fourth-order valence-corrected chi connectivity index (χ4v) is 2.48. The fourth-order valence-electron chi connectivity index (χ4n) is 1.70. The maximum absolute atomic E-state index is 5.89. The van der Waals surface area contributed by atoms with Crippen LogP contribution in [0.3, 0.4) is 0 Å². The molecule has 6 heteroatoms. The van der Waals surface area contributed by atoms with Gasteiger partial charge in [-0.05, 0) is 46.3 Å². The SMILES string of the molecule is Nc1ccc2nc(Nc3ccc(Cl)cc3Br)oc2c1. The van der Waals surface area contributed by atoms with Gasteiger partial charge in [0.15, 0.2) is 5.58 Å². The number of rotatable bonds is 2. The molecule has 0 saturated heterocycles. The molecule has 0 unspecified atom stereocenters. The highest BCUT2D eigenvalue weighted by Gasteiger charge is 2.08. The summed E-state index contributed by atoms with van der Waals surface area (Å²) in [5.74, 6) is 0. The van der Waals surface area contributed by atoms with Crippen molar-refractivity contribution in [1.82, 2.24) is 4.98 Å². The molecule has 4 nitrogen and oxygen atoms in total. The minimum atomic E-state index is 0.406. The lowest BCUT2D eigenvalue weighted by Crippen LogP contribution is -1.90. The quantitative estimate of drug-likeness (QED) is 0.672. The lowest BCUT2D eigenvalue weighted by Gasteiger charge is -2.04. The molecule has 0 saturated carbocycles.